The number of hydrogen-bond donors (Lipinski definition) is 5. The van der Waals surface area contributed by atoms with Gasteiger partial charge in [0.05, 0.1) is 112 Å². The summed E-state index contributed by atoms with van der Waals surface area (Å²) < 4.78 is 49.1. The molecule has 0 bridgehead atoms. The van der Waals surface area contributed by atoms with Crippen molar-refractivity contribution in [3.8, 4) is 0 Å². The Bertz CT molecular complexity index is 1060. The van der Waals surface area contributed by atoms with E-state index in [1.165, 1.54) is 146 Å². The molecule has 16 nitrogen and oxygen atoms in total. The average Bonchev–Trinajstić information content (AvgIpc) is 3.41. The third kappa shape index (κ3) is 47.0. The number of unbranched alkanes of at least 4 members (excludes halogenated alkanes) is 26. The summed E-state index contributed by atoms with van der Waals surface area (Å²) in [4.78, 5) is 14.7. The monoisotopic (exact) mass is 1070 g/mol. The molecule has 74 heavy (non-hydrogen) atoms. The SMILES string of the molecule is CCCCCCCCCCCCCCCC(=O)N(CCCCCCCC)[C@@H]1O[C@H](CO)[C@@H](O)[C@H](O)[C@H]1O.CCCCCCCCCCCCOCCOCCOCCOCCOCCOCCOCCOCCO. The summed E-state index contributed by atoms with van der Waals surface area (Å²) in [6, 6.07) is 0. The van der Waals surface area contributed by atoms with Crippen molar-refractivity contribution in [3.63, 3.8) is 0 Å². The number of aliphatic hydroxyl groups excluding tert-OH is 5. The van der Waals surface area contributed by atoms with Crippen LogP contribution in [-0.2, 0) is 47.4 Å². The summed E-state index contributed by atoms with van der Waals surface area (Å²) in [5.74, 6) is -0.0963. The third-order valence-electron chi connectivity index (χ3n) is 13.2. The van der Waals surface area contributed by atoms with Crippen LogP contribution in [0.4, 0.5) is 0 Å². The Hall–Kier alpha value is -1.09. The number of ether oxygens (including phenoxy) is 9. The highest BCUT2D eigenvalue weighted by Gasteiger charge is 2.46. The van der Waals surface area contributed by atoms with Crippen LogP contribution in [0.2, 0.25) is 0 Å². The molecule has 1 aliphatic heterocycles. The van der Waals surface area contributed by atoms with Crippen LogP contribution in [0, 0.1) is 0 Å². The van der Waals surface area contributed by atoms with E-state index in [0.29, 0.717) is 112 Å². The summed E-state index contributed by atoms with van der Waals surface area (Å²) in [6.45, 7) is 15.5. The topological polar surface area (TPSA) is 205 Å². The first-order chi connectivity index (χ1) is 36.4. The molecule has 0 aromatic heterocycles. The highest BCUT2D eigenvalue weighted by Crippen LogP contribution is 2.26. The summed E-state index contributed by atoms with van der Waals surface area (Å²) in [5.41, 5.74) is 0. The highest BCUT2D eigenvalue weighted by atomic mass is 16.6. The van der Waals surface area contributed by atoms with Gasteiger partial charge in [-0.3, -0.25) is 4.79 Å². The number of nitrogens with zero attached hydrogens (tertiary/aromatic N) is 1. The van der Waals surface area contributed by atoms with Crippen LogP contribution < -0.4 is 0 Å². The van der Waals surface area contributed by atoms with E-state index in [-0.39, 0.29) is 12.5 Å². The number of aliphatic hydroxyl groups is 5. The minimum Gasteiger partial charge on any atom is -0.394 e. The van der Waals surface area contributed by atoms with Gasteiger partial charge in [0.1, 0.15) is 24.4 Å². The molecule has 444 valence electrons. The maximum absolute atomic E-state index is 13.2. The summed E-state index contributed by atoms with van der Waals surface area (Å²) in [5, 5.41) is 49.1. The second-order valence-electron chi connectivity index (χ2n) is 19.9. The van der Waals surface area contributed by atoms with Crippen LogP contribution in [0.15, 0.2) is 0 Å². The predicted octanol–water partition coefficient (Wildman–Crippen LogP) is 9.49. The molecule has 5 atom stereocenters. The number of hydrogen-bond acceptors (Lipinski definition) is 15. The molecule has 0 unspecified atom stereocenters. The van der Waals surface area contributed by atoms with E-state index in [0.717, 1.165) is 51.6 Å². The van der Waals surface area contributed by atoms with Gasteiger partial charge in [-0.2, -0.15) is 0 Å². The first-order valence-corrected chi connectivity index (χ1v) is 30.2. The van der Waals surface area contributed by atoms with Gasteiger partial charge in [0.2, 0.25) is 5.91 Å². The van der Waals surface area contributed by atoms with E-state index in [1.807, 2.05) is 0 Å². The molecule has 0 saturated carbocycles. The molecule has 5 N–H and O–H groups in total. The van der Waals surface area contributed by atoms with Gasteiger partial charge in [-0.15, -0.1) is 0 Å². The first-order valence-electron chi connectivity index (χ1n) is 30.2. The van der Waals surface area contributed by atoms with Crippen LogP contribution in [0.25, 0.3) is 0 Å². The van der Waals surface area contributed by atoms with Crippen molar-refractivity contribution in [2.24, 2.45) is 0 Å². The normalized spacial score (nSPS) is 17.7. The predicted molar refractivity (Wildman–Crippen MR) is 295 cm³/mol. The lowest BCUT2D eigenvalue weighted by Crippen LogP contribution is -2.64. The second-order valence-corrected chi connectivity index (χ2v) is 19.9. The highest BCUT2D eigenvalue weighted by molar-refractivity contribution is 5.76. The van der Waals surface area contributed by atoms with Crippen molar-refractivity contribution < 1.29 is 73.0 Å². The van der Waals surface area contributed by atoms with E-state index < -0.39 is 37.3 Å². The van der Waals surface area contributed by atoms with Gasteiger partial charge in [0.15, 0.2) is 6.23 Å². The molecule has 1 rings (SSSR count). The Kier molecular flexibility index (Phi) is 58.7. The Labute approximate surface area is 451 Å². The van der Waals surface area contributed by atoms with Crippen molar-refractivity contribution in [1.29, 1.82) is 0 Å². The Balaban J connectivity index is 0.00000144. The van der Waals surface area contributed by atoms with Gasteiger partial charge in [0, 0.05) is 19.6 Å². The van der Waals surface area contributed by atoms with E-state index >= 15 is 0 Å². The zero-order valence-corrected chi connectivity index (χ0v) is 47.8. The maximum Gasteiger partial charge on any atom is 0.224 e. The second kappa shape index (κ2) is 59.6. The quantitative estimate of drug-likeness (QED) is 0.0360. The van der Waals surface area contributed by atoms with Crippen LogP contribution in [-0.4, -0.2) is 192 Å². The molecule has 1 heterocycles. The molecule has 1 amide bonds. The van der Waals surface area contributed by atoms with Crippen molar-refractivity contribution in [2.75, 3.05) is 125 Å². The van der Waals surface area contributed by atoms with E-state index in [2.05, 4.69) is 20.8 Å². The number of amides is 1. The molecule has 0 radical (unpaired) electrons. The first kappa shape index (κ1) is 72.9. The molecule has 1 saturated heterocycles. The lowest BCUT2D eigenvalue weighted by atomic mass is 9.97. The van der Waals surface area contributed by atoms with Gasteiger partial charge >= 0.3 is 0 Å². The molecule has 1 aliphatic rings. The largest absolute Gasteiger partial charge is 0.394 e. The van der Waals surface area contributed by atoms with Crippen molar-refractivity contribution in [1.82, 2.24) is 4.90 Å². The summed E-state index contributed by atoms with van der Waals surface area (Å²) in [7, 11) is 0. The molecular formula is C58H117NO15. The molecule has 0 spiro atoms. The number of carbonyl (C=O) groups is 1. The van der Waals surface area contributed by atoms with Gasteiger partial charge in [-0.05, 0) is 19.3 Å². The fourth-order valence-corrected chi connectivity index (χ4v) is 8.63. The third-order valence-corrected chi connectivity index (χ3v) is 13.2. The molecule has 0 aliphatic carbocycles. The van der Waals surface area contributed by atoms with Gasteiger partial charge in [-0.25, -0.2) is 0 Å². The smallest absolute Gasteiger partial charge is 0.224 e. The minimum absolute atomic E-state index is 0.0352. The Morgan fingerprint density at radius 2 is 0.662 bits per heavy atom. The molecule has 0 aromatic carbocycles. The lowest BCUT2D eigenvalue weighted by Gasteiger charge is -2.44. The van der Waals surface area contributed by atoms with Crippen LogP contribution in [0.5, 0.6) is 0 Å². The van der Waals surface area contributed by atoms with E-state index in [1.54, 1.807) is 0 Å². The van der Waals surface area contributed by atoms with Gasteiger partial charge in [0.25, 0.3) is 0 Å². The maximum atomic E-state index is 13.2. The molecule has 16 heteroatoms. The van der Waals surface area contributed by atoms with Crippen molar-refractivity contribution >= 4 is 5.91 Å². The zero-order valence-electron chi connectivity index (χ0n) is 47.8. The van der Waals surface area contributed by atoms with Crippen LogP contribution in [0.3, 0.4) is 0 Å². The number of carbonyl (C=O) groups excluding carboxylic acids is 1. The van der Waals surface area contributed by atoms with Gasteiger partial charge < -0.3 is 73.1 Å². The fraction of sp³-hybridized carbons (Fsp3) is 0.983. The molecule has 1 fully saturated rings. The number of rotatable bonds is 57. The molecule has 0 aromatic rings. The Morgan fingerprint density at radius 3 is 1.00 bits per heavy atom. The van der Waals surface area contributed by atoms with E-state index in [9.17, 15) is 25.2 Å². The standard InChI is InChI=1S/C30H59NO6.C28H58O9/c1-3-5-7-9-11-12-13-14-15-16-17-18-20-22-26(33)31(23-21-19-10-8-6-4-2)30-29(36)28(35)27(34)25(24-32)37-30;1-2-3-4-5-6-7-8-9-10-11-13-30-15-17-32-19-21-34-23-25-36-27-28-37-26-24-35-22-20-33-18-16-31-14-12-29/h25,27-30,32,34-36H,3-24H2,1-2H3;29H,2-28H2,1H3/t25-,27-,28+,29-,30-;/m1./s1. The van der Waals surface area contributed by atoms with Crippen LogP contribution in [0.1, 0.15) is 213 Å². The average molecular weight is 1070 g/mol. The minimum atomic E-state index is -1.47. The fourth-order valence-electron chi connectivity index (χ4n) is 8.63. The van der Waals surface area contributed by atoms with Crippen molar-refractivity contribution in [3.05, 3.63) is 0 Å². The van der Waals surface area contributed by atoms with Gasteiger partial charge in [-0.1, -0.05) is 188 Å². The molecular weight excluding hydrogens is 951 g/mol. The summed E-state index contributed by atoms with van der Waals surface area (Å²) >= 11 is 0. The zero-order chi connectivity index (χ0) is 54.1. The van der Waals surface area contributed by atoms with Crippen LogP contribution >= 0.6 is 0 Å². The van der Waals surface area contributed by atoms with Crippen molar-refractivity contribution in [2.45, 2.75) is 244 Å². The van der Waals surface area contributed by atoms with E-state index in [4.69, 9.17) is 47.7 Å². The lowest BCUT2D eigenvalue weighted by molar-refractivity contribution is -0.262. The summed E-state index contributed by atoms with van der Waals surface area (Å²) in [6.07, 6.45) is 30.1. The Morgan fingerprint density at radius 1 is 0.365 bits per heavy atom.